The standard InChI is InChI=1S/C28H28/c1-16-13-20-14-24-22-10-6-8-12-26(22)28(27(24)15-23(20)17(16)2)19(4)18(3)21-9-5-7-11-25(21)28/h5-12,14-19H,13H2,1-4H3/t16-,17-,18-,19+,28?/m0/s1. The second-order valence-electron chi connectivity index (χ2n) is 9.58. The van der Waals surface area contributed by atoms with E-state index in [1.807, 2.05) is 0 Å². The zero-order chi connectivity index (χ0) is 19.2. The molecule has 3 aromatic rings. The Kier molecular flexibility index (Phi) is 3.19. The second kappa shape index (κ2) is 5.38. The molecule has 0 aromatic heterocycles. The summed E-state index contributed by atoms with van der Waals surface area (Å²) in [4.78, 5) is 0. The monoisotopic (exact) mass is 364 g/mol. The fourth-order valence-electron chi connectivity index (χ4n) is 6.77. The Morgan fingerprint density at radius 3 is 2.21 bits per heavy atom. The van der Waals surface area contributed by atoms with Gasteiger partial charge in [-0.15, -0.1) is 0 Å². The van der Waals surface area contributed by atoms with Gasteiger partial charge in [-0.25, -0.2) is 0 Å². The van der Waals surface area contributed by atoms with Gasteiger partial charge in [0.1, 0.15) is 0 Å². The van der Waals surface area contributed by atoms with Crippen molar-refractivity contribution in [3.63, 3.8) is 0 Å². The van der Waals surface area contributed by atoms with Crippen molar-refractivity contribution >= 4 is 0 Å². The second-order valence-corrected chi connectivity index (χ2v) is 9.58. The number of hydrogen-bond acceptors (Lipinski definition) is 0. The van der Waals surface area contributed by atoms with Gasteiger partial charge in [-0.05, 0) is 74.6 Å². The molecule has 0 amide bonds. The normalized spacial score (nSPS) is 31.6. The van der Waals surface area contributed by atoms with E-state index in [1.165, 1.54) is 23.1 Å². The lowest BCUT2D eigenvalue weighted by molar-refractivity contribution is 0.400. The minimum absolute atomic E-state index is 0.00249. The van der Waals surface area contributed by atoms with E-state index in [-0.39, 0.29) is 5.41 Å². The zero-order valence-electron chi connectivity index (χ0n) is 17.3. The van der Waals surface area contributed by atoms with Crippen molar-refractivity contribution in [2.24, 2.45) is 11.8 Å². The van der Waals surface area contributed by atoms with Crippen molar-refractivity contribution in [1.29, 1.82) is 0 Å². The van der Waals surface area contributed by atoms with Crippen LogP contribution < -0.4 is 0 Å². The molecule has 0 bridgehead atoms. The molecular formula is C28H28. The third kappa shape index (κ3) is 1.74. The fourth-order valence-corrected chi connectivity index (χ4v) is 6.77. The summed E-state index contributed by atoms with van der Waals surface area (Å²) in [6, 6.07) is 23.6. The van der Waals surface area contributed by atoms with Crippen molar-refractivity contribution in [3.05, 3.63) is 94.0 Å². The summed E-state index contributed by atoms with van der Waals surface area (Å²) in [5.41, 5.74) is 12.3. The zero-order valence-corrected chi connectivity index (χ0v) is 17.3. The van der Waals surface area contributed by atoms with E-state index < -0.39 is 0 Å². The van der Waals surface area contributed by atoms with Crippen LogP contribution in [0.15, 0.2) is 60.7 Å². The molecule has 0 saturated heterocycles. The lowest BCUT2D eigenvalue weighted by Gasteiger charge is -2.35. The molecule has 0 N–H and O–H groups in total. The van der Waals surface area contributed by atoms with Crippen molar-refractivity contribution in [1.82, 2.24) is 0 Å². The number of fused-ring (bicyclic) bond motifs is 8. The molecule has 3 aliphatic carbocycles. The molecule has 0 fully saturated rings. The predicted octanol–water partition coefficient (Wildman–Crippen LogP) is 7.05. The highest BCUT2D eigenvalue weighted by Crippen LogP contribution is 2.64. The summed E-state index contributed by atoms with van der Waals surface area (Å²) in [6.07, 6.45) is 1.22. The Balaban J connectivity index is 1.75. The van der Waals surface area contributed by atoms with Gasteiger partial charge in [0.25, 0.3) is 0 Å². The van der Waals surface area contributed by atoms with Gasteiger partial charge >= 0.3 is 0 Å². The van der Waals surface area contributed by atoms with Crippen LogP contribution in [-0.4, -0.2) is 0 Å². The van der Waals surface area contributed by atoms with E-state index in [2.05, 4.69) is 88.4 Å². The van der Waals surface area contributed by atoms with E-state index in [0.717, 1.165) is 5.92 Å². The van der Waals surface area contributed by atoms with Crippen LogP contribution in [0.3, 0.4) is 0 Å². The molecule has 0 radical (unpaired) electrons. The first-order valence-electron chi connectivity index (χ1n) is 10.9. The van der Waals surface area contributed by atoms with Gasteiger partial charge in [0.15, 0.2) is 0 Å². The maximum atomic E-state index is 2.62. The number of benzene rings is 3. The maximum absolute atomic E-state index is 2.62. The van der Waals surface area contributed by atoms with Crippen molar-refractivity contribution < 1.29 is 0 Å². The summed E-state index contributed by atoms with van der Waals surface area (Å²) in [5.74, 6) is 2.53. The molecule has 0 nitrogen and oxygen atoms in total. The third-order valence-electron chi connectivity index (χ3n) is 8.54. The Hall–Kier alpha value is -2.34. The molecule has 3 aliphatic rings. The molecule has 1 spiro atoms. The molecule has 0 heterocycles. The Morgan fingerprint density at radius 1 is 0.679 bits per heavy atom. The van der Waals surface area contributed by atoms with Gasteiger partial charge < -0.3 is 0 Å². The minimum Gasteiger partial charge on any atom is -0.0620 e. The van der Waals surface area contributed by atoms with Gasteiger partial charge in [0.05, 0.1) is 0 Å². The average Bonchev–Trinajstić information content (AvgIpc) is 3.25. The summed E-state index contributed by atoms with van der Waals surface area (Å²) in [7, 11) is 0. The van der Waals surface area contributed by atoms with E-state index in [0.29, 0.717) is 17.8 Å². The first kappa shape index (κ1) is 16.6. The van der Waals surface area contributed by atoms with Crippen molar-refractivity contribution in [2.45, 2.75) is 51.4 Å². The van der Waals surface area contributed by atoms with Gasteiger partial charge in [-0.3, -0.25) is 0 Å². The first-order chi connectivity index (χ1) is 13.5. The van der Waals surface area contributed by atoms with Crippen LogP contribution in [0.4, 0.5) is 0 Å². The largest absolute Gasteiger partial charge is 0.0620 e. The average molecular weight is 365 g/mol. The Morgan fingerprint density at radius 2 is 1.39 bits per heavy atom. The lowest BCUT2D eigenvalue weighted by Crippen LogP contribution is -2.31. The van der Waals surface area contributed by atoms with E-state index in [4.69, 9.17) is 0 Å². The molecule has 28 heavy (non-hydrogen) atoms. The van der Waals surface area contributed by atoms with Crippen LogP contribution in [0.1, 0.15) is 72.9 Å². The van der Waals surface area contributed by atoms with Gasteiger partial charge in [-0.1, -0.05) is 88.4 Å². The highest BCUT2D eigenvalue weighted by atomic mass is 14.6. The highest BCUT2D eigenvalue weighted by Gasteiger charge is 2.55. The smallest absolute Gasteiger partial charge is 0.0497 e. The molecule has 1 unspecified atom stereocenters. The van der Waals surface area contributed by atoms with Gasteiger partial charge in [0.2, 0.25) is 0 Å². The van der Waals surface area contributed by atoms with Crippen molar-refractivity contribution in [2.75, 3.05) is 0 Å². The summed E-state index contributed by atoms with van der Waals surface area (Å²) in [5, 5.41) is 0. The Labute approximate surface area is 168 Å². The van der Waals surface area contributed by atoms with Gasteiger partial charge in [0, 0.05) is 5.41 Å². The predicted molar refractivity (Wildman–Crippen MR) is 117 cm³/mol. The van der Waals surface area contributed by atoms with Crippen LogP contribution in [0, 0.1) is 11.8 Å². The molecule has 3 aromatic carbocycles. The first-order valence-corrected chi connectivity index (χ1v) is 10.9. The summed E-state index contributed by atoms with van der Waals surface area (Å²) >= 11 is 0. The lowest BCUT2D eigenvalue weighted by atomic mass is 9.67. The summed E-state index contributed by atoms with van der Waals surface area (Å²) in [6.45, 7) is 9.74. The van der Waals surface area contributed by atoms with E-state index in [9.17, 15) is 0 Å². The molecule has 0 aliphatic heterocycles. The van der Waals surface area contributed by atoms with Crippen LogP contribution in [0.25, 0.3) is 11.1 Å². The van der Waals surface area contributed by atoms with Gasteiger partial charge in [-0.2, -0.15) is 0 Å². The maximum Gasteiger partial charge on any atom is 0.0497 e. The fraction of sp³-hybridized carbons (Fsp3) is 0.357. The quantitative estimate of drug-likeness (QED) is 0.401. The molecule has 5 atom stereocenters. The van der Waals surface area contributed by atoms with Crippen LogP contribution >= 0.6 is 0 Å². The topological polar surface area (TPSA) is 0 Å². The summed E-state index contributed by atoms with van der Waals surface area (Å²) < 4.78 is 0. The van der Waals surface area contributed by atoms with Crippen molar-refractivity contribution in [3.8, 4) is 11.1 Å². The Bertz CT molecular complexity index is 1120. The molecule has 140 valence electrons. The van der Waals surface area contributed by atoms with E-state index in [1.54, 1.807) is 27.8 Å². The SMILES string of the molecule is C[C@@H]1c2ccccc2C2(c3ccccc3-c3cc4c(cc32)[C@@H](C)[C@@H](C)C4)[C@@H]1C. The highest BCUT2D eigenvalue weighted by molar-refractivity contribution is 5.86. The van der Waals surface area contributed by atoms with Crippen LogP contribution in [0.5, 0.6) is 0 Å². The number of rotatable bonds is 0. The van der Waals surface area contributed by atoms with E-state index >= 15 is 0 Å². The molecule has 0 saturated carbocycles. The number of hydrogen-bond donors (Lipinski definition) is 0. The van der Waals surface area contributed by atoms with Crippen LogP contribution in [-0.2, 0) is 11.8 Å². The van der Waals surface area contributed by atoms with Crippen LogP contribution in [0.2, 0.25) is 0 Å². The minimum atomic E-state index is 0.00249. The third-order valence-corrected chi connectivity index (χ3v) is 8.54. The molecular weight excluding hydrogens is 336 g/mol. The molecule has 0 heteroatoms. The molecule has 6 rings (SSSR count).